The van der Waals surface area contributed by atoms with Crippen molar-refractivity contribution >= 4 is 33.4 Å². The van der Waals surface area contributed by atoms with Crippen LogP contribution in [0.4, 0.5) is 0 Å². The van der Waals surface area contributed by atoms with Crippen molar-refractivity contribution in [3.8, 4) is 0 Å². The van der Waals surface area contributed by atoms with Crippen molar-refractivity contribution in [1.82, 2.24) is 4.90 Å². The van der Waals surface area contributed by atoms with E-state index in [1.165, 1.54) is 0 Å². The predicted molar refractivity (Wildman–Crippen MR) is 68.8 cm³/mol. The number of rotatable bonds is 1. The molecule has 86 valence electrons. The Balaban J connectivity index is 2.18. The summed E-state index contributed by atoms with van der Waals surface area (Å²) in [6.07, 6.45) is 1.10. The lowest BCUT2D eigenvalue weighted by atomic mass is 10.2. The third kappa shape index (κ3) is 2.41. The molecule has 1 amide bonds. The molecule has 1 aliphatic heterocycles. The van der Waals surface area contributed by atoms with Crippen molar-refractivity contribution in [2.45, 2.75) is 13.3 Å². The lowest BCUT2D eigenvalue weighted by Crippen LogP contribution is -2.28. The molecule has 2 rings (SSSR count). The van der Waals surface area contributed by atoms with Crippen molar-refractivity contribution in [3.05, 3.63) is 33.3 Å². The van der Waals surface area contributed by atoms with Crippen LogP contribution in [0.3, 0.4) is 0 Å². The van der Waals surface area contributed by atoms with Gasteiger partial charge >= 0.3 is 0 Å². The van der Waals surface area contributed by atoms with E-state index in [9.17, 15) is 4.79 Å². The Bertz CT molecular complexity index is 421. The number of carbonyl (C=O) groups excluding carboxylic acids is 1. The van der Waals surface area contributed by atoms with Crippen LogP contribution < -0.4 is 0 Å². The zero-order valence-electron chi connectivity index (χ0n) is 9.04. The van der Waals surface area contributed by atoms with Gasteiger partial charge in [-0.1, -0.05) is 18.5 Å². The molecule has 0 spiro atoms. The monoisotopic (exact) mass is 301 g/mol. The Kier molecular flexibility index (Phi) is 3.55. The van der Waals surface area contributed by atoms with Crippen molar-refractivity contribution in [3.63, 3.8) is 0 Å². The predicted octanol–water partition coefficient (Wildman–Crippen LogP) is 3.58. The summed E-state index contributed by atoms with van der Waals surface area (Å²) in [4.78, 5) is 14.0. The molecule has 1 fully saturated rings. The molecule has 0 aromatic heterocycles. The van der Waals surface area contributed by atoms with E-state index >= 15 is 0 Å². The molecular formula is C12H13BrClNO. The standard InChI is InChI=1S/C12H13BrClNO/c1-8-4-5-15(7-8)12(16)9-2-3-11(14)10(13)6-9/h2-3,6,8H,4-5,7H2,1H3. The maximum Gasteiger partial charge on any atom is 0.253 e. The Morgan fingerprint density at radius 3 is 2.88 bits per heavy atom. The van der Waals surface area contributed by atoms with E-state index < -0.39 is 0 Å². The number of carbonyl (C=O) groups is 1. The highest BCUT2D eigenvalue weighted by Gasteiger charge is 2.24. The van der Waals surface area contributed by atoms with Gasteiger partial charge in [-0.3, -0.25) is 4.79 Å². The van der Waals surface area contributed by atoms with Crippen LogP contribution in [-0.2, 0) is 0 Å². The van der Waals surface area contributed by atoms with E-state index in [1.54, 1.807) is 18.2 Å². The second-order valence-corrected chi connectivity index (χ2v) is 5.54. The highest BCUT2D eigenvalue weighted by molar-refractivity contribution is 9.10. The van der Waals surface area contributed by atoms with Crippen LogP contribution in [0.25, 0.3) is 0 Å². The quantitative estimate of drug-likeness (QED) is 0.776. The summed E-state index contributed by atoms with van der Waals surface area (Å²) in [5.41, 5.74) is 0.699. The van der Waals surface area contributed by atoms with Crippen LogP contribution in [0, 0.1) is 5.92 Å². The van der Waals surface area contributed by atoms with Crippen molar-refractivity contribution < 1.29 is 4.79 Å². The minimum Gasteiger partial charge on any atom is -0.338 e. The first-order valence-corrected chi connectivity index (χ1v) is 6.49. The normalized spacial score (nSPS) is 20.2. The van der Waals surface area contributed by atoms with E-state index in [1.807, 2.05) is 4.90 Å². The minimum absolute atomic E-state index is 0.0988. The number of nitrogens with zero attached hydrogens (tertiary/aromatic N) is 1. The molecular weight excluding hydrogens is 289 g/mol. The summed E-state index contributed by atoms with van der Waals surface area (Å²) in [6, 6.07) is 5.31. The molecule has 1 aromatic rings. The molecule has 0 bridgehead atoms. The molecule has 1 heterocycles. The minimum atomic E-state index is 0.0988. The molecule has 4 heteroatoms. The summed E-state index contributed by atoms with van der Waals surface area (Å²) in [6.45, 7) is 3.89. The Morgan fingerprint density at radius 1 is 1.56 bits per heavy atom. The highest BCUT2D eigenvalue weighted by Crippen LogP contribution is 2.25. The molecule has 1 aliphatic rings. The van der Waals surface area contributed by atoms with Gasteiger partial charge in [0.05, 0.1) is 5.02 Å². The molecule has 1 saturated heterocycles. The SMILES string of the molecule is CC1CCN(C(=O)c2ccc(Cl)c(Br)c2)C1. The second-order valence-electron chi connectivity index (χ2n) is 4.27. The van der Waals surface area contributed by atoms with Gasteiger partial charge < -0.3 is 4.90 Å². The van der Waals surface area contributed by atoms with Gasteiger partial charge in [-0.2, -0.15) is 0 Å². The van der Waals surface area contributed by atoms with Crippen molar-refractivity contribution in [1.29, 1.82) is 0 Å². The van der Waals surface area contributed by atoms with Crippen LogP contribution in [0.15, 0.2) is 22.7 Å². The third-order valence-corrected chi connectivity index (χ3v) is 4.09. The summed E-state index contributed by atoms with van der Waals surface area (Å²) in [7, 11) is 0. The van der Waals surface area contributed by atoms with E-state index in [4.69, 9.17) is 11.6 Å². The smallest absolute Gasteiger partial charge is 0.253 e. The Labute approximate surface area is 109 Å². The number of hydrogen-bond donors (Lipinski definition) is 0. The van der Waals surface area contributed by atoms with Crippen LogP contribution in [0.1, 0.15) is 23.7 Å². The molecule has 0 N–H and O–H groups in total. The van der Waals surface area contributed by atoms with Gasteiger partial charge in [-0.25, -0.2) is 0 Å². The van der Waals surface area contributed by atoms with Gasteiger partial charge in [-0.15, -0.1) is 0 Å². The van der Waals surface area contributed by atoms with E-state index in [0.717, 1.165) is 24.0 Å². The lowest BCUT2D eigenvalue weighted by Gasteiger charge is -2.16. The highest BCUT2D eigenvalue weighted by atomic mass is 79.9. The molecule has 0 saturated carbocycles. The average molecular weight is 303 g/mol. The van der Waals surface area contributed by atoms with E-state index in [2.05, 4.69) is 22.9 Å². The molecule has 2 nitrogen and oxygen atoms in total. The fourth-order valence-electron chi connectivity index (χ4n) is 1.93. The second kappa shape index (κ2) is 4.76. The molecule has 0 aliphatic carbocycles. The maximum absolute atomic E-state index is 12.1. The van der Waals surface area contributed by atoms with Gasteiger partial charge in [0.15, 0.2) is 0 Å². The molecule has 0 radical (unpaired) electrons. The largest absolute Gasteiger partial charge is 0.338 e. The Hall–Kier alpha value is -0.540. The zero-order chi connectivity index (χ0) is 11.7. The number of likely N-dealkylation sites (tertiary alicyclic amines) is 1. The first kappa shape index (κ1) is 11.9. The lowest BCUT2D eigenvalue weighted by molar-refractivity contribution is 0.0788. The summed E-state index contributed by atoms with van der Waals surface area (Å²) in [5, 5.41) is 0.631. The van der Waals surface area contributed by atoms with Crippen molar-refractivity contribution in [2.24, 2.45) is 5.92 Å². The molecule has 1 atom stereocenters. The van der Waals surface area contributed by atoms with Crippen LogP contribution in [0.5, 0.6) is 0 Å². The average Bonchev–Trinajstić information content (AvgIpc) is 2.68. The summed E-state index contributed by atoms with van der Waals surface area (Å²) in [5.74, 6) is 0.710. The molecule has 1 aromatic carbocycles. The molecule has 1 unspecified atom stereocenters. The number of amides is 1. The first-order valence-electron chi connectivity index (χ1n) is 5.32. The van der Waals surface area contributed by atoms with Gasteiger partial charge in [0, 0.05) is 23.1 Å². The van der Waals surface area contributed by atoms with Gasteiger partial charge in [0.1, 0.15) is 0 Å². The van der Waals surface area contributed by atoms with Crippen molar-refractivity contribution in [2.75, 3.05) is 13.1 Å². The first-order chi connectivity index (χ1) is 7.58. The van der Waals surface area contributed by atoms with Gasteiger partial charge in [-0.05, 0) is 46.5 Å². The number of halogens is 2. The summed E-state index contributed by atoms with van der Waals surface area (Å²) >= 11 is 9.23. The number of hydrogen-bond acceptors (Lipinski definition) is 1. The fraction of sp³-hybridized carbons (Fsp3) is 0.417. The number of benzene rings is 1. The maximum atomic E-state index is 12.1. The third-order valence-electron chi connectivity index (χ3n) is 2.88. The summed E-state index contributed by atoms with van der Waals surface area (Å²) < 4.78 is 0.771. The Morgan fingerprint density at radius 2 is 2.31 bits per heavy atom. The van der Waals surface area contributed by atoms with Crippen LogP contribution in [-0.4, -0.2) is 23.9 Å². The van der Waals surface area contributed by atoms with Crippen LogP contribution in [0.2, 0.25) is 5.02 Å². The van der Waals surface area contributed by atoms with E-state index in [0.29, 0.717) is 16.5 Å². The fourth-order valence-corrected chi connectivity index (χ4v) is 2.43. The van der Waals surface area contributed by atoms with Gasteiger partial charge in [0.25, 0.3) is 5.91 Å². The molecule has 16 heavy (non-hydrogen) atoms. The van der Waals surface area contributed by atoms with E-state index in [-0.39, 0.29) is 5.91 Å². The zero-order valence-corrected chi connectivity index (χ0v) is 11.4. The topological polar surface area (TPSA) is 20.3 Å². The van der Waals surface area contributed by atoms with Gasteiger partial charge in [0.2, 0.25) is 0 Å². The van der Waals surface area contributed by atoms with Crippen LogP contribution >= 0.6 is 27.5 Å².